The summed E-state index contributed by atoms with van der Waals surface area (Å²) in [6.07, 6.45) is 2.46. The van der Waals surface area contributed by atoms with Crippen molar-refractivity contribution in [2.24, 2.45) is 5.92 Å². The number of hydrogen-bond acceptors (Lipinski definition) is 3. The predicted molar refractivity (Wildman–Crippen MR) is 71.3 cm³/mol. The Labute approximate surface area is 108 Å². The largest absolute Gasteiger partial charge is 0.388 e. The molecule has 5 nitrogen and oxygen atoms in total. The van der Waals surface area contributed by atoms with Crippen molar-refractivity contribution in [1.29, 1.82) is 0 Å². The van der Waals surface area contributed by atoms with E-state index in [4.69, 9.17) is 0 Å². The van der Waals surface area contributed by atoms with Crippen LogP contribution in [0.25, 0.3) is 0 Å². The van der Waals surface area contributed by atoms with E-state index in [0.717, 1.165) is 6.42 Å². The number of amides is 2. The highest BCUT2D eigenvalue weighted by atomic mass is 16.3. The number of rotatable bonds is 5. The summed E-state index contributed by atoms with van der Waals surface area (Å²) < 4.78 is 0. The lowest BCUT2D eigenvalue weighted by atomic mass is 9.89. The summed E-state index contributed by atoms with van der Waals surface area (Å²) in [5.74, 6) is 0.603. The van der Waals surface area contributed by atoms with Crippen LogP contribution in [0.5, 0.6) is 0 Å². The number of aromatic nitrogens is 1. The normalized spacial score (nSPS) is 15.6. The van der Waals surface area contributed by atoms with E-state index in [1.54, 1.807) is 31.3 Å². The van der Waals surface area contributed by atoms with Crippen LogP contribution in [0, 0.1) is 5.92 Å². The van der Waals surface area contributed by atoms with Crippen LogP contribution < -0.4 is 10.6 Å². The van der Waals surface area contributed by atoms with Crippen LogP contribution in [0.3, 0.4) is 0 Å². The van der Waals surface area contributed by atoms with E-state index in [-0.39, 0.29) is 18.5 Å². The summed E-state index contributed by atoms with van der Waals surface area (Å²) in [7, 11) is 0. The van der Waals surface area contributed by atoms with Gasteiger partial charge in [0.1, 0.15) is 5.82 Å². The molecule has 0 aliphatic carbocycles. The summed E-state index contributed by atoms with van der Waals surface area (Å²) >= 11 is 0. The van der Waals surface area contributed by atoms with Crippen molar-refractivity contribution in [3.8, 4) is 0 Å². The van der Waals surface area contributed by atoms with Crippen molar-refractivity contribution in [2.45, 2.75) is 32.8 Å². The Morgan fingerprint density at radius 1 is 1.56 bits per heavy atom. The second kappa shape index (κ2) is 6.35. The monoisotopic (exact) mass is 251 g/mol. The molecular weight excluding hydrogens is 230 g/mol. The molecule has 0 aliphatic rings. The SMILES string of the molecule is CCC(C)C(C)(O)CNC(=O)Nc1ccccn1. The highest BCUT2D eigenvalue weighted by Gasteiger charge is 2.27. The molecule has 0 spiro atoms. The maximum atomic E-state index is 11.6. The molecular formula is C13H21N3O2. The molecule has 2 atom stereocenters. The fraction of sp³-hybridized carbons (Fsp3) is 0.538. The third-order valence-corrected chi connectivity index (χ3v) is 3.19. The Hall–Kier alpha value is -1.62. The van der Waals surface area contributed by atoms with Gasteiger partial charge in [-0.1, -0.05) is 26.3 Å². The van der Waals surface area contributed by atoms with E-state index < -0.39 is 5.60 Å². The molecule has 0 radical (unpaired) electrons. The van der Waals surface area contributed by atoms with Gasteiger partial charge in [0, 0.05) is 12.7 Å². The van der Waals surface area contributed by atoms with Crippen LogP contribution in [-0.4, -0.2) is 28.3 Å². The first-order valence-electron chi connectivity index (χ1n) is 6.14. The van der Waals surface area contributed by atoms with Crippen LogP contribution in [0.15, 0.2) is 24.4 Å². The third-order valence-electron chi connectivity index (χ3n) is 3.19. The molecule has 0 fully saturated rings. The first-order valence-corrected chi connectivity index (χ1v) is 6.14. The van der Waals surface area contributed by atoms with E-state index in [1.165, 1.54) is 0 Å². The number of anilines is 1. The van der Waals surface area contributed by atoms with Gasteiger partial charge in [0.25, 0.3) is 0 Å². The van der Waals surface area contributed by atoms with Gasteiger partial charge in [-0.15, -0.1) is 0 Å². The molecule has 2 unspecified atom stereocenters. The van der Waals surface area contributed by atoms with Crippen molar-refractivity contribution in [3.05, 3.63) is 24.4 Å². The number of pyridine rings is 1. The maximum Gasteiger partial charge on any atom is 0.320 e. The molecule has 5 heteroatoms. The van der Waals surface area contributed by atoms with Gasteiger partial charge >= 0.3 is 6.03 Å². The highest BCUT2D eigenvalue weighted by molar-refractivity contribution is 5.88. The molecule has 0 bridgehead atoms. The van der Waals surface area contributed by atoms with E-state index in [9.17, 15) is 9.90 Å². The number of carbonyl (C=O) groups is 1. The molecule has 0 saturated heterocycles. The zero-order valence-electron chi connectivity index (χ0n) is 11.1. The van der Waals surface area contributed by atoms with Crippen LogP contribution in [-0.2, 0) is 0 Å². The van der Waals surface area contributed by atoms with Gasteiger partial charge in [-0.05, 0) is 25.0 Å². The number of urea groups is 1. The summed E-state index contributed by atoms with van der Waals surface area (Å²) in [5.41, 5.74) is -0.907. The lowest BCUT2D eigenvalue weighted by Crippen LogP contribution is -2.46. The Kier molecular flexibility index (Phi) is 5.09. The van der Waals surface area contributed by atoms with Crippen LogP contribution in [0.1, 0.15) is 27.2 Å². The van der Waals surface area contributed by atoms with Gasteiger partial charge in [0.15, 0.2) is 0 Å². The van der Waals surface area contributed by atoms with Gasteiger partial charge in [0.2, 0.25) is 0 Å². The first-order chi connectivity index (χ1) is 8.45. The summed E-state index contributed by atoms with van der Waals surface area (Å²) in [5, 5.41) is 15.4. The average Bonchev–Trinajstić information content (AvgIpc) is 2.36. The molecule has 3 N–H and O–H groups in total. The van der Waals surface area contributed by atoms with Crippen LogP contribution in [0.4, 0.5) is 10.6 Å². The molecule has 18 heavy (non-hydrogen) atoms. The van der Waals surface area contributed by atoms with E-state index >= 15 is 0 Å². The Bertz CT molecular complexity index is 379. The molecule has 0 aliphatic heterocycles. The Balaban J connectivity index is 2.42. The van der Waals surface area contributed by atoms with Gasteiger partial charge in [-0.2, -0.15) is 0 Å². The molecule has 1 rings (SSSR count). The van der Waals surface area contributed by atoms with Crippen molar-refractivity contribution >= 4 is 11.8 Å². The van der Waals surface area contributed by atoms with E-state index in [1.807, 2.05) is 13.8 Å². The van der Waals surface area contributed by atoms with E-state index in [0.29, 0.717) is 5.82 Å². The summed E-state index contributed by atoms with van der Waals surface area (Å²) in [6.45, 7) is 5.90. The first kappa shape index (κ1) is 14.4. The fourth-order valence-electron chi connectivity index (χ4n) is 1.47. The van der Waals surface area contributed by atoms with Gasteiger partial charge in [-0.25, -0.2) is 9.78 Å². The summed E-state index contributed by atoms with van der Waals surface area (Å²) in [4.78, 5) is 15.6. The van der Waals surface area contributed by atoms with Gasteiger partial charge < -0.3 is 10.4 Å². The number of carbonyl (C=O) groups excluding carboxylic acids is 1. The van der Waals surface area contributed by atoms with Gasteiger partial charge in [0.05, 0.1) is 5.60 Å². The lowest BCUT2D eigenvalue weighted by Gasteiger charge is -2.29. The van der Waals surface area contributed by atoms with Crippen molar-refractivity contribution in [1.82, 2.24) is 10.3 Å². The molecule has 1 aromatic rings. The standard InChI is InChI=1S/C13H21N3O2/c1-4-10(2)13(3,18)9-15-12(17)16-11-7-5-6-8-14-11/h5-8,10,18H,4,9H2,1-3H3,(H2,14,15,16,17). The zero-order valence-corrected chi connectivity index (χ0v) is 11.1. The minimum absolute atomic E-state index is 0.118. The van der Waals surface area contributed by atoms with Crippen molar-refractivity contribution in [2.75, 3.05) is 11.9 Å². The second-order valence-corrected chi connectivity index (χ2v) is 4.69. The molecule has 0 aromatic carbocycles. The topological polar surface area (TPSA) is 74.2 Å². The Morgan fingerprint density at radius 3 is 2.83 bits per heavy atom. The zero-order chi connectivity index (χ0) is 13.6. The van der Waals surface area contributed by atoms with E-state index in [2.05, 4.69) is 15.6 Å². The number of hydrogen-bond donors (Lipinski definition) is 3. The molecule has 100 valence electrons. The average molecular weight is 251 g/mol. The minimum Gasteiger partial charge on any atom is -0.388 e. The lowest BCUT2D eigenvalue weighted by molar-refractivity contribution is 0.00827. The molecule has 2 amide bonds. The minimum atomic E-state index is -0.907. The Morgan fingerprint density at radius 2 is 2.28 bits per heavy atom. The fourth-order valence-corrected chi connectivity index (χ4v) is 1.47. The number of nitrogens with zero attached hydrogens (tertiary/aromatic N) is 1. The molecule has 0 saturated carbocycles. The second-order valence-electron chi connectivity index (χ2n) is 4.69. The van der Waals surface area contributed by atoms with Crippen LogP contribution in [0.2, 0.25) is 0 Å². The maximum absolute atomic E-state index is 11.6. The van der Waals surface area contributed by atoms with Crippen LogP contribution >= 0.6 is 0 Å². The smallest absolute Gasteiger partial charge is 0.320 e. The molecule has 1 aromatic heterocycles. The van der Waals surface area contributed by atoms with Crippen molar-refractivity contribution in [3.63, 3.8) is 0 Å². The predicted octanol–water partition coefficient (Wildman–Crippen LogP) is 2.00. The molecule has 1 heterocycles. The number of nitrogens with one attached hydrogen (secondary N) is 2. The summed E-state index contributed by atoms with van der Waals surface area (Å²) in [6, 6.07) is 4.90. The highest BCUT2D eigenvalue weighted by Crippen LogP contribution is 2.18. The van der Waals surface area contributed by atoms with Gasteiger partial charge in [-0.3, -0.25) is 5.32 Å². The third kappa shape index (κ3) is 4.33. The quantitative estimate of drug-likeness (QED) is 0.749. The number of aliphatic hydroxyl groups is 1. The van der Waals surface area contributed by atoms with Crippen molar-refractivity contribution < 1.29 is 9.90 Å².